The van der Waals surface area contributed by atoms with Crippen molar-refractivity contribution in [3.63, 3.8) is 0 Å². The van der Waals surface area contributed by atoms with Gasteiger partial charge >= 0.3 is 0 Å². The van der Waals surface area contributed by atoms with Crippen LogP contribution in [0.5, 0.6) is 0 Å². The van der Waals surface area contributed by atoms with Crippen molar-refractivity contribution in [1.29, 1.82) is 0 Å². The van der Waals surface area contributed by atoms with Crippen molar-refractivity contribution in [2.45, 2.75) is 6.92 Å². The van der Waals surface area contributed by atoms with Crippen LogP contribution in [0.15, 0.2) is 34.8 Å². The maximum Gasteiger partial charge on any atom is 0.127 e. The predicted octanol–water partition coefficient (Wildman–Crippen LogP) is 3.61. The first-order chi connectivity index (χ1) is 6.68. The Morgan fingerprint density at radius 3 is 2.64 bits per heavy atom. The van der Waals surface area contributed by atoms with Crippen LogP contribution < -0.4 is 0 Å². The molecule has 0 saturated heterocycles. The van der Waals surface area contributed by atoms with Crippen LogP contribution in [0.3, 0.4) is 0 Å². The number of benzene rings is 1. The van der Waals surface area contributed by atoms with Crippen molar-refractivity contribution in [1.82, 2.24) is 9.78 Å². The van der Waals surface area contributed by atoms with Crippen molar-refractivity contribution < 1.29 is 0 Å². The maximum atomic E-state index is 5.23. The minimum absolute atomic E-state index is 0.786. The second-order valence-electron chi connectivity index (χ2n) is 3.06. The second kappa shape index (κ2) is 3.71. The maximum absolute atomic E-state index is 5.23. The van der Waals surface area contributed by atoms with Gasteiger partial charge in [-0.3, -0.25) is 5.10 Å². The van der Waals surface area contributed by atoms with Gasteiger partial charge in [-0.15, -0.1) is 0 Å². The second-order valence-corrected chi connectivity index (χ2v) is 4.34. The Labute approximate surface area is 95.7 Å². The number of aromatic amines is 1. The van der Waals surface area contributed by atoms with Crippen LogP contribution in [0.25, 0.3) is 5.69 Å². The summed E-state index contributed by atoms with van der Waals surface area (Å²) in [5.74, 6) is 0. The fourth-order valence-corrected chi connectivity index (χ4v) is 2.11. The molecule has 0 bridgehead atoms. The molecule has 4 heteroatoms. The van der Waals surface area contributed by atoms with Crippen LogP contribution in [0.4, 0.5) is 0 Å². The number of H-pyrrole nitrogens is 1. The molecule has 72 valence electrons. The molecule has 1 heterocycles. The van der Waals surface area contributed by atoms with Crippen molar-refractivity contribution in [3.05, 3.63) is 45.1 Å². The molecule has 0 radical (unpaired) electrons. The number of hydrogen-bond acceptors (Lipinski definition) is 1. The first-order valence-electron chi connectivity index (χ1n) is 4.22. The molecule has 1 N–H and O–H groups in total. The fraction of sp³-hybridized carbons (Fsp3) is 0.100. The fourth-order valence-electron chi connectivity index (χ4n) is 1.33. The molecule has 14 heavy (non-hydrogen) atoms. The third-order valence-electron chi connectivity index (χ3n) is 1.94. The average molecular weight is 269 g/mol. The van der Waals surface area contributed by atoms with Gasteiger partial charge in [-0.1, -0.05) is 24.4 Å². The normalized spacial score (nSPS) is 10.4. The van der Waals surface area contributed by atoms with Crippen molar-refractivity contribution in [2.24, 2.45) is 0 Å². The average Bonchev–Trinajstić information content (AvgIpc) is 2.46. The summed E-state index contributed by atoms with van der Waals surface area (Å²) in [6.45, 7) is 1.99. The molecule has 0 saturated carbocycles. The summed E-state index contributed by atoms with van der Waals surface area (Å²) in [5, 5.41) is 3.18. The Morgan fingerprint density at radius 2 is 2.07 bits per heavy atom. The highest BCUT2D eigenvalue weighted by atomic mass is 79.9. The van der Waals surface area contributed by atoms with Crippen LogP contribution in [-0.4, -0.2) is 9.78 Å². The molecule has 2 nitrogen and oxygen atoms in total. The van der Waals surface area contributed by atoms with Crippen LogP contribution >= 0.6 is 28.1 Å². The summed E-state index contributed by atoms with van der Waals surface area (Å²) in [4.78, 5) is 0. The number of aryl methyl sites for hydroxylation is 1. The van der Waals surface area contributed by atoms with Crippen molar-refractivity contribution >= 4 is 28.1 Å². The lowest BCUT2D eigenvalue weighted by atomic mass is 10.3. The SMILES string of the molecule is Cc1cc(=S)n(-c2ccccc2Br)[nH]1. The lowest BCUT2D eigenvalue weighted by molar-refractivity contribution is 0.849. The largest absolute Gasteiger partial charge is 0.297 e. The van der Waals surface area contributed by atoms with E-state index in [-0.39, 0.29) is 0 Å². The molecule has 0 unspecified atom stereocenters. The Balaban J connectivity index is 2.66. The summed E-state index contributed by atoms with van der Waals surface area (Å²) in [6, 6.07) is 9.91. The summed E-state index contributed by atoms with van der Waals surface area (Å²) < 4.78 is 3.70. The topological polar surface area (TPSA) is 20.7 Å². The number of halogens is 1. The quantitative estimate of drug-likeness (QED) is 0.784. The van der Waals surface area contributed by atoms with Crippen LogP contribution in [0.2, 0.25) is 0 Å². The van der Waals surface area contributed by atoms with E-state index in [9.17, 15) is 0 Å². The molecule has 0 aliphatic heterocycles. The summed E-state index contributed by atoms with van der Waals surface area (Å²) in [5.41, 5.74) is 2.09. The van der Waals surface area contributed by atoms with Gasteiger partial charge in [0, 0.05) is 10.2 Å². The summed E-state index contributed by atoms with van der Waals surface area (Å²) in [6.07, 6.45) is 0. The molecule has 2 rings (SSSR count). The van der Waals surface area contributed by atoms with E-state index in [1.54, 1.807) is 0 Å². The van der Waals surface area contributed by atoms with Gasteiger partial charge in [0.2, 0.25) is 0 Å². The standard InChI is InChI=1S/C10H9BrN2S/c1-7-6-10(14)13(12-7)9-5-3-2-4-8(9)11/h2-6,12H,1H3. The van der Waals surface area contributed by atoms with E-state index < -0.39 is 0 Å². The van der Waals surface area contributed by atoms with E-state index in [4.69, 9.17) is 12.2 Å². The van der Waals surface area contributed by atoms with E-state index in [0.29, 0.717) is 0 Å². The molecule has 0 amide bonds. The van der Waals surface area contributed by atoms with Crippen molar-refractivity contribution in [2.75, 3.05) is 0 Å². The zero-order valence-corrected chi connectivity index (χ0v) is 10.0. The molecular weight excluding hydrogens is 260 g/mol. The minimum Gasteiger partial charge on any atom is -0.297 e. The van der Waals surface area contributed by atoms with Crippen LogP contribution in [0.1, 0.15) is 5.69 Å². The Kier molecular flexibility index (Phi) is 2.56. The first kappa shape index (κ1) is 9.68. The molecule has 0 spiro atoms. The van der Waals surface area contributed by atoms with Gasteiger partial charge in [-0.05, 0) is 41.1 Å². The van der Waals surface area contributed by atoms with Gasteiger partial charge in [0.15, 0.2) is 0 Å². The van der Waals surface area contributed by atoms with Gasteiger partial charge < -0.3 is 0 Å². The molecule has 0 aliphatic rings. The minimum atomic E-state index is 0.786. The molecule has 0 fully saturated rings. The van der Waals surface area contributed by atoms with Crippen LogP contribution in [-0.2, 0) is 0 Å². The van der Waals surface area contributed by atoms with E-state index in [2.05, 4.69) is 21.0 Å². The smallest absolute Gasteiger partial charge is 0.127 e. The van der Waals surface area contributed by atoms with Gasteiger partial charge in [0.05, 0.1) is 5.69 Å². The van der Waals surface area contributed by atoms with E-state index in [0.717, 1.165) is 20.5 Å². The number of para-hydroxylation sites is 1. The highest BCUT2D eigenvalue weighted by Crippen LogP contribution is 2.20. The first-order valence-corrected chi connectivity index (χ1v) is 5.42. The van der Waals surface area contributed by atoms with Gasteiger partial charge in [0.25, 0.3) is 0 Å². The Morgan fingerprint density at radius 1 is 1.36 bits per heavy atom. The third-order valence-corrected chi connectivity index (χ3v) is 2.91. The Hall–Kier alpha value is -0.870. The zero-order chi connectivity index (χ0) is 10.1. The predicted molar refractivity (Wildman–Crippen MR) is 63.4 cm³/mol. The van der Waals surface area contributed by atoms with E-state index >= 15 is 0 Å². The number of nitrogens with one attached hydrogen (secondary N) is 1. The molecule has 1 aromatic heterocycles. The number of aromatic nitrogens is 2. The van der Waals surface area contributed by atoms with E-state index in [1.807, 2.05) is 41.9 Å². The molecule has 0 atom stereocenters. The molecule has 2 aromatic rings. The van der Waals surface area contributed by atoms with Gasteiger partial charge in [-0.25, -0.2) is 4.68 Å². The summed E-state index contributed by atoms with van der Waals surface area (Å²) >= 11 is 8.71. The molecule has 0 aliphatic carbocycles. The highest BCUT2D eigenvalue weighted by Gasteiger charge is 2.02. The molecular formula is C10H9BrN2S. The van der Waals surface area contributed by atoms with E-state index in [1.165, 1.54) is 0 Å². The van der Waals surface area contributed by atoms with Crippen LogP contribution in [0, 0.1) is 11.6 Å². The van der Waals surface area contributed by atoms with Gasteiger partial charge in [-0.2, -0.15) is 0 Å². The lowest BCUT2D eigenvalue weighted by Crippen LogP contribution is -1.97. The summed E-state index contributed by atoms with van der Waals surface area (Å²) in [7, 11) is 0. The highest BCUT2D eigenvalue weighted by molar-refractivity contribution is 9.10. The number of hydrogen-bond donors (Lipinski definition) is 1. The Bertz CT molecular complexity index is 513. The monoisotopic (exact) mass is 268 g/mol. The van der Waals surface area contributed by atoms with Crippen molar-refractivity contribution in [3.8, 4) is 5.69 Å². The van der Waals surface area contributed by atoms with Gasteiger partial charge in [0.1, 0.15) is 4.64 Å². The lowest BCUT2D eigenvalue weighted by Gasteiger charge is -2.04. The number of nitrogens with zero attached hydrogens (tertiary/aromatic N) is 1. The molecule has 1 aromatic carbocycles. The third kappa shape index (κ3) is 1.67. The number of rotatable bonds is 1. The zero-order valence-electron chi connectivity index (χ0n) is 7.62.